The number of hydrazone groups is 1. The summed E-state index contributed by atoms with van der Waals surface area (Å²) in [4.78, 5) is 26.8. The fourth-order valence-corrected chi connectivity index (χ4v) is 4.76. The summed E-state index contributed by atoms with van der Waals surface area (Å²) < 4.78 is 0. The van der Waals surface area contributed by atoms with E-state index in [4.69, 9.17) is 9.97 Å². The number of aromatic nitrogens is 3. The molecule has 4 aromatic carbocycles. The summed E-state index contributed by atoms with van der Waals surface area (Å²) in [5, 5.41) is 23.3. The molecule has 0 radical (unpaired) electrons. The van der Waals surface area contributed by atoms with Gasteiger partial charge in [0.25, 0.3) is 5.69 Å². The lowest BCUT2D eigenvalue weighted by atomic mass is 9.97. The first kappa shape index (κ1) is 28.4. The minimum atomic E-state index is -0.427. The van der Waals surface area contributed by atoms with Gasteiger partial charge in [0.2, 0.25) is 17.8 Å². The van der Waals surface area contributed by atoms with Crippen LogP contribution in [0.2, 0.25) is 0 Å². The number of fused-ring (bicyclic) bond motifs is 2. The highest BCUT2D eigenvalue weighted by atomic mass is 16.6. The molecule has 214 valence electrons. The van der Waals surface area contributed by atoms with Crippen molar-refractivity contribution >= 4 is 57.0 Å². The van der Waals surface area contributed by atoms with Crippen molar-refractivity contribution in [2.45, 2.75) is 39.5 Å². The van der Waals surface area contributed by atoms with Gasteiger partial charge in [0.1, 0.15) is 0 Å². The Bertz CT molecular complexity index is 1640. The van der Waals surface area contributed by atoms with Crippen LogP contribution in [0.25, 0.3) is 21.5 Å². The lowest BCUT2D eigenvalue weighted by Gasteiger charge is -2.23. The van der Waals surface area contributed by atoms with E-state index in [1.54, 1.807) is 12.1 Å². The van der Waals surface area contributed by atoms with Crippen LogP contribution in [0.5, 0.6) is 0 Å². The number of non-ortho nitro benzene ring substituents is 1. The largest absolute Gasteiger partial charge is 0.341 e. The Hall–Kier alpha value is -5.12. The fourth-order valence-electron chi connectivity index (χ4n) is 4.76. The number of nitro benzene ring substituents is 1. The summed E-state index contributed by atoms with van der Waals surface area (Å²) in [6, 6.07) is 24.8. The van der Waals surface area contributed by atoms with Gasteiger partial charge in [0, 0.05) is 36.5 Å². The second-order valence-corrected chi connectivity index (χ2v) is 10.0. The Balaban J connectivity index is 1.49. The molecular weight excluding hydrogens is 528 g/mol. The summed E-state index contributed by atoms with van der Waals surface area (Å²) in [6.07, 6.45) is 5.93. The van der Waals surface area contributed by atoms with Crippen LogP contribution in [-0.2, 0) is 0 Å². The van der Waals surface area contributed by atoms with Gasteiger partial charge in [-0.05, 0) is 52.6 Å². The summed E-state index contributed by atoms with van der Waals surface area (Å²) >= 11 is 0. The molecule has 0 fully saturated rings. The third kappa shape index (κ3) is 6.77. The number of benzene rings is 4. The standard InChI is InChI=1S/C32H34N8O2/c1-3-5-19-39(20-6-4-2)32-36-30(34-25-15-17-26(18-16-25)40(41)42)35-31(37-32)38-33-22-29-27-13-9-7-11-23(27)21-24-12-8-10-14-28(24)29/h7-18,21-22H,3-6,19-20H2,1-2H3,(H2,34,35,36,37,38). The predicted octanol–water partition coefficient (Wildman–Crippen LogP) is 7.68. The zero-order chi connectivity index (χ0) is 29.3. The molecular formula is C32H34N8O2. The lowest BCUT2D eigenvalue weighted by Crippen LogP contribution is -2.28. The van der Waals surface area contributed by atoms with Crippen LogP contribution in [0, 0.1) is 10.1 Å². The Morgan fingerprint density at radius 2 is 1.43 bits per heavy atom. The van der Waals surface area contributed by atoms with Gasteiger partial charge in [-0.2, -0.15) is 20.1 Å². The highest BCUT2D eigenvalue weighted by molar-refractivity contribution is 6.13. The van der Waals surface area contributed by atoms with Crippen LogP contribution in [0.15, 0.2) is 84.0 Å². The molecule has 0 aliphatic carbocycles. The molecule has 1 heterocycles. The summed E-state index contributed by atoms with van der Waals surface area (Å²) in [6.45, 7) is 5.96. The fraction of sp³-hybridized carbons (Fsp3) is 0.250. The Labute approximate surface area is 244 Å². The van der Waals surface area contributed by atoms with Crippen molar-refractivity contribution in [2.24, 2.45) is 5.10 Å². The second-order valence-electron chi connectivity index (χ2n) is 10.0. The zero-order valence-corrected chi connectivity index (χ0v) is 23.8. The number of nitrogens with one attached hydrogen (secondary N) is 2. The van der Waals surface area contributed by atoms with Gasteiger partial charge in [-0.1, -0.05) is 75.2 Å². The number of nitrogens with zero attached hydrogens (tertiary/aromatic N) is 6. The van der Waals surface area contributed by atoms with E-state index in [9.17, 15) is 10.1 Å². The van der Waals surface area contributed by atoms with Crippen molar-refractivity contribution in [3.63, 3.8) is 0 Å². The lowest BCUT2D eigenvalue weighted by molar-refractivity contribution is -0.384. The third-order valence-electron chi connectivity index (χ3n) is 6.98. The highest BCUT2D eigenvalue weighted by Gasteiger charge is 2.14. The maximum Gasteiger partial charge on any atom is 0.269 e. The van der Waals surface area contributed by atoms with E-state index in [-0.39, 0.29) is 5.69 Å². The summed E-state index contributed by atoms with van der Waals surface area (Å²) in [5.41, 5.74) is 4.68. The maximum absolute atomic E-state index is 11.1. The minimum absolute atomic E-state index is 0.0137. The quantitative estimate of drug-likeness (QED) is 0.0648. The van der Waals surface area contributed by atoms with E-state index < -0.39 is 4.92 Å². The average molecular weight is 563 g/mol. The van der Waals surface area contributed by atoms with E-state index in [1.165, 1.54) is 12.1 Å². The molecule has 42 heavy (non-hydrogen) atoms. The van der Waals surface area contributed by atoms with Crippen LogP contribution >= 0.6 is 0 Å². The van der Waals surface area contributed by atoms with Gasteiger partial charge in [0.05, 0.1) is 11.1 Å². The minimum Gasteiger partial charge on any atom is -0.341 e. The van der Waals surface area contributed by atoms with Crippen molar-refractivity contribution in [3.8, 4) is 0 Å². The van der Waals surface area contributed by atoms with Crippen LogP contribution in [0.3, 0.4) is 0 Å². The molecule has 5 aromatic rings. The average Bonchev–Trinajstić information content (AvgIpc) is 3.01. The monoisotopic (exact) mass is 562 g/mol. The van der Waals surface area contributed by atoms with Crippen LogP contribution in [-0.4, -0.2) is 39.2 Å². The highest BCUT2D eigenvalue weighted by Crippen LogP contribution is 2.27. The molecule has 0 amide bonds. The molecule has 2 N–H and O–H groups in total. The van der Waals surface area contributed by atoms with Crippen molar-refractivity contribution in [1.29, 1.82) is 0 Å². The van der Waals surface area contributed by atoms with Crippen molar-refractivity contribution in [1.82, 2.24) is 15.0 Å². The molecule has 0 atom stereocenters. The zero-order valence-electron chi connectivity index (χ0n) is 23.8. The molecule has 0 saturated heterocycles. The molecule has 0 unspecified atom stereocenters. The van der Waals surface area contributed by atoms with Gasteiger partial charge in [-0.15, -0.1) is 0 Å². The second kappa shape index (κ2) is 13.5. The molecule has 0 bridgehead atoms. The number of nitro groups is 1. The van der Waals surface area contributed by atoms with E-state index in [0.717, 1.165) is 65.9 Å². The SMILES string of the molecule is CCCCN(CCCC)c1nc(NN=Cc2c3ccccc3cc3ccccc23)nc(Nc2ccc([N+](=O)[O-])cc2)n1. The van der Waals surface area contributed by atoms with E-state index in [0.29, 0.717) is 23.5 Å². The number of hydrogen-bond acceptors (Lipinski definition) is 9. The molecule has 10 nitrogen and oxygen atoms in total. The molecule has 0 aliphatic heterocycles. The topological polar surface area (TPSA) is 121 Å². The molecule has 1 aromatic heterocycles. The molecule has 0 spiro atoms. The van der Waals surface area contributed by atoms with Crippen LogP contribution in [0.1, 0.15) is 45.1 Å². The third-order valence-corrected chi connectivity index (χ3v) is 6.98. The first-order chi connectivity index (χ1) is 20.6. The van der Waals surface area contributed by atoms with E-state index in [1.807, 2.05) is 30.5 Å². The van der Waals surface area contributed by atoms with Gasteiger partial charge >= 0.3 is 0 Å². The summed E-state index contributed by atoms with van der Waals surface area (Å²) in [5.74, 6) is 1.16. The number of anilines is 4. The number of hydrogen-bond donors (Lipinski definition) is 2. The normalized spacial score (nSPS) is 11.3. The Morgan fingerprint density at radius 1 is 0.833 bits per heavy atom. The van der Waals surface area contributed by atoms with Crippen molar-refractivity contribution in [3.05, 3.63) is 94.5 Å². The molecule has 0 aliphatic rings. The first-order valence-corrected chi connectivity index (χ1v) is 14.3. The van der Waals surface area contributed by atoms with E-state index in [2.05, 4.69) is 69.9 Å². The smallest absolute Gasteiger partial charge is 0.269 e. The maximum atomic E-state index is 11.1. The molecule has 5 rings (SSSR count). The summed E-state index contributed by atoms with van der Waals surface area (Å²) in [7, 11) is 0. The van der Waals surface area contributed by atoms with Gasteiger partial charge in [-0.25, -0.2) is 5.43 Å². The van der Waals surface area contributed by atoms with Crippen LogP contribution < -0.4 is 15.6 Å². The molecule has 10 heteroatoms. The predicted molar refractivity (Wildman–Crippen MR) is 171 cm³/mol. The van der Waals surface area contributed by atoms with Gasteiger partial charge < -0.3 is 10.2 Å². The van der Waals surface area contributed by atoms with E-state index >= 15 is 0 Å². The van der Waals surface area contributed by atoms with Crippen LogP contribution in [0.4, 0.5) is 29.2 Å². The number of rotatable bonds is 13. The molecule has 0 saturated carbocycles. The first-order valence-electron chi connectivity index (χ1n) is 14.3. The number of unbranched alkanes of at least 4 members (excludes halogenated alkanes) is 2. The Kier molecular flexibility index (Phi) is 9.13. The van der Waals surface area contributed by atoms with Gasteiger partial charge in [-0.3, -0.25) is 10.1 Å². The van der Waals surface area contributed by atoms with Crippen molar-refractivity contribution in [2.75, 3.05) is 28.7 Å². The van der Waals surface area contributed by atoms with Gasteiger partial charge in [0.15, 0.2) is 0 Å². The Morgan fingerprint density at radius 3 is 2.02 bits per heavy atom. The van der Waals surface area contributed by atoms with Crippen molar-refractivity contribution < 1.29 is 4.92 Å².